The van der Waals surface area contributed by atoms with Gasteiger partial charge in [0.1, 0.15) is 0 Å². The summed E-state index contributed by atoms with van der Waals surface area (Å²) in [6.07, 6.45) is 15.9. The molecule has 1 aliphatic carbocycles. The first-order valence-electron chi connectivity index (χ1n) is 14.7. The highest BCUT2D eigenvalue weighted by molar-refractivity contribution is 5.89. The van der Waals surface area contributed by atoms with E-state index in [9.17, 15) is 0 Å². The van der Waals surface area contributed by atoms with Crippen molar-refractivity contribution in [1.82, 2.24) is 4.98 Å². The van der Waals surface area contributed by atoms with Gasteiger partial charge < -0.3 is 0 Å². The van der Waals surface area contributed by atoms with E-state index in [1.54, 1.807) is 0 Å². The van der Waals surface area contributed by atoms with Crippen molar-refractivity contribution >= 4 is 27.1 Å². The smallest absolute Gasteiger partial charge is 0.0718 e. The minimum atomic E-state index is 0.253. The van der Waals surface area contributed by atoms with E-state index < -0.39 is 0 Å². The third-order valence-corrected chi connectivity index (χ3v) is 8.02. The summed E-state index contributed by atoms with van der Waals surface area (Å²) in [4.78, 5) is 5.31. The van der Waals surface area contributed by atoms with Crippen LogP contribution >= 0.6 is 0 Å². The molecule has 0 N–H and O–H groups in total. The third kappa shape index (κ3) is 5.60. The molecule has 0 saturated heterocycles. The van der Waals surface area contributed by atoms with Gasteiger partial charge in [0, 0.05) is 11.1 Å². The largest absolute Gasteiger partial charge is 0.248 e. The molecule has 1 heteroatoms. The zero-order valence-corrected chi connectivity index (χ0v) is 24.3. The van der Waals surface area contributed by atoms with Gasteiger partial charge in [0.05, 0.1) is 11.4 Å². The first-order chi connectivity index (χ1) is 20.6. The topological polar surface area (TPSA) is 12.9 Å². The molecule has 1 unspecified atom stereocenters. The van der Waals surface area contributed by atoms with Gasteiger partial charge in [-0.3, -0.25) is 0 Å². The Labute approximate surface area is 249 Å². The fraction of sp³-hybridized carbons (Fsp3) is 0.0976. The van der Waals surface area contributed by atoms with E-state index in [-0.39, 0.29) is 5.92 Å². The molecule has 6 rings (SSSR count). The van der Waals surface area contributed by atoms with Gasteiger partial charge in [-0.05, 0) is 81.3 Å². The van der Waals surface area contributed by atoms with Crippen molar-refractivity contribution in [3.05, 3.63) is 180 Å². The number of rotatable bonds is 7. The summed E-state index contributed by atoms with van der Waals surface area (Å²) in [5, 5.41) is 4.96. The summed E-state index contributed by atoms with van der Waals surface area (Å²) in [5.41, 5.74) is 9.06. The predicted molar refractivity (Wildman–Crippen MR) is 181 cm³/mol. The molecule has 4 aromatic carbocycles. The molecule has 1 aromatic heterocycles. The van der Waals surface area contributed by atoms with Crippen LogP contribution in [0.2, 0.25) is 0 Å². The van der Waals surface area contributed by atoms with Crippen LogP contribution in [0.25, 0.3) is 38.4 Å². The predicted octanol–water partition coefficient (Wildman–Crippen LogP) is 10.9. The van der Waals surface area contributed by atoms with Gasteiger partial charge in [-0.25, -0.2) is 4.98 Å². The highest BCUT2D eigenvalue weighted by Crippen LogP contribution is 2.37. The lowest BCUT2D eigenvalue weighted by Gasteiger charge is -2.22. The van der Waals surface area contributed by atoms with Gasteiger partial charge in [-0.1, -0.05) is 141 Å². The van der Waals surface area contributed by atoms with Crippen molar-refractivity contribution in [1.29, 1.82) is 0 Å². The average Bonchev–Trinajstić information content (AvgIpc) is 3.04. The number of fused-ring (bicyclic) bond motifs is 2. The second-order valence-corrected chi connectivity index (χ2v) is 10.8. The van der Waals surface area contributed by atoms with Crippen LogP contribution in [0.4, 0.5) is 0 Å². The zero-order valence-electron chi connectivity index (χ0n) is 24.3. The van der Waals surface area contributed by atoms with Crippen molar-refractivity contribution in [3.63, 3.8) is 0 Å². The van der Waals surface area contributed by atoms with Gasteiger partial charge >= 0.3 is 0 Å². The SMILES string of the molecule is C=C/C(Cc1ccc2ccccc2c1)=C(\C=C/C)C(=C1/C=CC=CC1C)/c1cccc(-c2ccc3ccccc3c2)n1. The van der Waals surface area contributed by atoms with Crippen LogP contribution in [0.1, 0.15) is 25.1 Å². The summed E-state index contributed by atoms with van der Waals surface area (Å²) in [6, 6.07) is 36.7. The minimum absolute atomic E-state index is 0.253. The highest BCUT2D eigenvalue weighted by Gasteiger charge is 2.20. The molecule has 0 spiro atoms. The maximum Gasteiger partial charge on any atom is 0.0718 e. The van der Waals surface area contributed by atoms with E-state index in [1.807, 2.05) is 6.08 Å². The Morgan fingerprint density at radius 3 is 2.21 bits per heavy atom. The molecular weight excluding hydrogens is 506 g/mol. The monoisotopic (exact) mass is 541 g/mol. The number of hydrogen-bond donors (Lipinski definition) is 0. The Morgan fingerprint density at radius 2 is 1.50 bits per heavy atom. The van der Waals surface area contributed by atoms with Gasteiger partial charge in [-0.2, -0.15) is 0 Å². The summed E-state index contributed by atoms with van der Waals surface area (Å²) < 4.78 is 0. The normalized spacial score (nSPS) is 16.7. The molecule has 1 aliphatic rings. The lowest BCUT2D eigenvalue weighted by molar-refractivity contribution is 0.884. The van der Waals surface area contributed by atoms with Crippen LogP contribution in [0.15, 0.2) is 169 Å². The second kappa shape index (κ2) is 12.2. The molecule has 1 heterocycles. The standard InChI is InChI=1S/C41H35N/c1-4-13-38(31(5-2)26-30-22-23-32-15-7-9-17-34(32)27-30)41(37-19-11-6-14-29(37)3)40-21-12-20-39(42-40)36-25-24-33-16-8-10-18-35(33)28-36/h4-25,27-29H,2,26H2,1,3H3/b13-4-,38-31-,41-37+. The van der Waals surface area contributed by atoms with Crippen molar-refractivity contribution in [2.45, 2.75) is 20.3 Å². The van der Waals surface area contributed by atoms with Gasteiger partial charge in [0.15, 0.2) is 0 Å². The van der Waals surface area contributed by atoms with Gasteiger partial charge in [0.25, 0.3) is 0 Å². The van der Waals surface area contributed by atoms with E-state index in [4.69, 9.17) is 4.98 Å². The lowest BCUT2D eigenvalue weighted by Crippen LogP contribution is -2.06. The second-order valence-electron chi connectivity index (χ2n) is 10.8. The molecule has 1 nitrogen and oxygen atoms in total. The Hall–Kier alpha value is -5.01. The average molecular weight is 542 g/mol. The number of nitrogens with zero attached hydrogens (tertiary/aromatic N) is 1. The van der Waals surface area contributed by atoms with Gasteiger partial charge in [0.2, 0.25) is 0 Å². The summed E-state index contributed by atoms with van der Waals surface area (Å²) in [6.45, 7) is 8.63. The lowest BCUT2D eigenvalue weighted by atomic mass is 9.83. The Morgan fingerprint density at radius 1 is 0.786 bits per heavy atom. The van der Waals surface area contributed by atoms with E-state index >= 15 is 0 Å². The number of pyridine rings is 1. The summed E-state index contributed by atoms with van der Waals surface area (Å²) >= 11 is 0. The van der Waals surface area contributed by atoms with E-state index in [2.05, 4.69) is 160 Å². The molecule has 0 radical (unpaired) electrons. The van der Waals surface area contributed by atoms with E-state index in [1.165, 1.54) is 38.3 Å². The molecule has 42 heavy (non-hydrogen) atoms. The quantitative estimate of drug-likeness (QED) is 0.187. The fourth-order valence-corrected chi connectivity index (χ4v) is 5.84. The van der Waals surface area contributed by atoms with Crippen molar-refractivity contribution in [2.75, 3.05) is 0 Å². The number of aromatic nitrogens is 1. The molecule has 0 bridgehead atoms. The molecular formula is C41H35N. The summed E-state index contributed by atoms with van der Waals surface area (Å²) in [5.74, 6) is 0.253. The first-order valence-corrected chi connectivity index (χ1v) is 14.7. The number of allylic oxidation sites excluding steroid dienone is 11. The Bertz CT molecular complexity index is 1940. The molecule has 0 fully saturated rings. The maximum absolute atomic E-state index is 5.31. The van der Waals surface area contributed by atoms with Crippen LogP contribution < -0.4 is 0 Å². The zero-order chi connectivity index (χ0) is 28.9. The Kier molecular flexibility index (Phi) is 7.92. The van der Waals surface area contributed by atoms with E-state index in [0.717, 1.165) is 34.5 Å². The van der Waals surface area contributed by atoms with Crippen molar-refractivity contribution < 1.29 is 0 Å². The fourth-order valence-electron chi connectivity index (χ4n) is 5.84. The van der Waals surface area contributed by atoms with Gasteiger partial charge in [-0.15, -0.1) is 0 Å². The maximum atomic E-state index is 5.31. The highest BCUT2D eigenvalue weighted by atomic mass is 14.7. The third-order valence-electron chi connectivity index (χ3n) is 8.02. The molecule has 0 aliphatic heterocycles. The molecule has 0 amide bonds. The number of hydrogen-bond acceptors (Lipinski definition) is 1. The molecule has 5 aromatic rings. The molecule has 0 saturated carbocycles. The van der Waals surface area contributed by atoms with Crippen LogP contribution in [-0.4, -0.2) is 4.98 Å². The van der Waals surface area contributed by atoms with Crippen LogP contribution in [-0.2, 0) is 6.42 Å². The van der Waals surface area contributed by atoms with E-state index in [0.29, 0.717) is 0 Å². The molecule has 204 valence electrons. The minimum Gasteiger partial charge on any atom is -0.248 e. The summed E-state index contributed by atoms with van der Waals surface area (Å²) in [7, 11) is 0. The molecule has 1 atom stereocenters. The van der Waals surface area contributed by atoms with Crippen molar-refractivity contribution in [2.24, 2.45) is 5.92 Å². The Balaban J connectivity index is 1.52. The number of benzene rings is 4. The van der Waals surface area contributed by atoms with Crippen molar-refractivity contribution in [3.8, 4) is 11.3 Å². The van der Waals surface area contributed by atoms with Crippen LogP contribution in [0.3, 0.4) is 0 Å². The first kappa shape index (κ1) is 27.2. The van der Waals surface area contributed by atoms with Crippen LogP contribution in [0.5, 0.6) is 0 Å². The van der Waals surface area contributed by atoms with Crippen LogP contribution in [0, 0.1) is 5.92 Å².